The van der Waals surface area contributed by atoms with Crippen molar-refractivity contribution in [2.24, 2.45) is 0 Å². The molecule has 0 radical (unpaired) electrons. The van der Waals surface area contributed by atoms with E-state index in [-0.39, 0.29) is 23.7 Å². The molecule has 0 aliphatic heterocycles. The van der Waals surface area contributed by atoms with Gasteiger partial charge in [0.2, 0.25) is 5.88 Å². The van der Waals surface area contributed by atoms with E-state index in [0.29, 0.717) is 0 Å². The standard InChI is InChI=1S/C11H8N2O5S/c14-9(5-12-10(15)6-19-11(12)16)7-2-1-3-8(4-7)13(17)18/h1-4,6,15H,5H2. The molecule has 98 valence electrons. The molecule has 0 saturated heterocycles. The van der Waals surface area contributed by atoms with E-state index in [1.165, 1.54) is 23.6 Å². The van der Waals surface area contributed by atoms with E-state index in [9.17, 15) is 24.8 Å². The number of aromatic nitrogens is 1. The minimum atomic E-state index is -0.606. The first-order chi connectivity index (χ1) is 8.99. The number of hydrogen-bond acceptors (Lipinski definition) is 6. The molecular formula is C11H8N2O5S. The van der Waals surface area contributed by atoms with E-state index >= 15 is 0 Å². The Morgan fingerprint density at radius 3 is 2.79 bits per heavy atom. The molecule has 0 amide bonds. The van der Waals surface area contributed by atoms with Gasteiger partial charge in [-0.1, -0.05) is 23.5 Å². The highest BCUT2D eigenvalue weighted by molar-refractivity contribution is 7.07. The van der Waals surface area contributed by atoms with E-state index in [2.05, 4.69) is 0 Å². The number of nitro benzene ring substituents is 1. The van der Waals surface area contributed by atoms with Gasteiger partial charge in [0.1, 0.15) is 0 Å². The zero-order valence-electron chi connectivity index (χ0n) is 9.48. The summed E-state index contributed by atoms with van der Waals surface area (Å²) in [5.74, 6) is -0.784. The molecule has 0 aliphatic rings. The number of thiazole rings is 1. The fraction of sp³-hybridized carbons (Fsp3) is 0.0909. The van der Waals surface area contributed by atoms with Crippen LogP contribution in [0.3, 0.4) is 0 Å². The second-order valence-electron chi connectivity index (χ2n) is 3.68. The summed E-state index contributed by atoms with van der Waals surface area (Å²) in [6.07, 6.45) is 0. The average Bonchev–Trinajstić information content (AvgIpc) is 2.70. The fourth-order valence-corrected chi connectivity index (χ4v) is 2.12. The molecular weight excluding hydrogens is 272 g/mol. The number of non-ortho nitro benzene ring substituents is 1. The van der Waals surface area contributed by atoms with Gasteiger partial charge in [-0.15, -0.1) is 0 Å². The SMILES string of the molecule is O=C(Cn1c(O)csc1=O)c1cccc([N+](=O)[O-])c1. The van der Waals surface area contributed by atoms with Crippen LogP contribution in [-0.2, 0) is 6.54 Å². The summed E-state index contributed by atoms with van der Waals surface area (Å²) in [7, 11) is 0. The minimum absolute atomic E-state index is 0.117. The molecule has 0 aliphatic carbocycles. The molecule has 0 unspecified atom stereocenters. The van der Waals surface area contributed by atoms with Crippen LogP contribution in [0.4, 0.5) is 5.69 Å². The molecule has 2 rings (SSSR count). The lowest BCUT2D eigenvalue weighted by atomic mass is 10.1. The molecule has 0 bridgehead atoms. The Bertz CT molecular complexity index is 703. The summed E-state index contributed by atoms with van der Waals surface area (Å²) in [5, 5.41) is 21.2. The first kappa shape index (κ1) is 13.0. The van der Waals surface area contributed by atoms with Gasteiger partial charge in [0.05, 0.1) is 16.8 Å². The highest BCUT2D eigenvalue weighted by Crippen LogP contribution is 2.15. The summed E-state index contributed by atoms with van der Waals surface area (Å²) in [6.45, 7) is -0.352. The molecule has 2 aromatic rings. The molecule has 19 heavy (non-hydrogen) atoms. The number of carbonyl (C=O) groups excluding carboxylic acids is 1. The van der Waals surface area contributed by atoms with Gasteiger partial charge in [-0.05, 0) is 0 Å². The zero-order valence-corrected chi connectivity index (χ0v) is 10.3. The smallest absolute Gasteiger partial charge is 0.310 e. The van der Waals surface area contributed by atoms with Crippen LogP contribution in [0, 0.1) is 10.1 Å². The van der Waals surface area contributed by atoms with Crippen molar-refractivity contribution in [1.82, 2.24) is 4.57 Å². The van der Waals surface area contributed by atoms with Crippen molar-refractivity contribution in [3.05, 3.63) is 55.0 Å². The molecule has 7 nitrogen and oxygen atoms in total. The molecule has 0 fully saturated rings. The van der Waals surface area contributed by atoms with Gasteiger partial charge >= 0.3 is 4.87 Å². The Balaban J connectivity index is 2.28. The minimum Gasteiger partial charge on any atom is -0.494 e. The van der Waals surface area contributed by atoms with Crippen LogP contribution in [0.1, 0.15) is 10.4 Å². The Morgan fingerprint density at radius 2 is 2.21 bits per heavy atom. The number of nitro groups is 1. The van der Waals surface area contributed by atoms with E-state index in [0.717, 1.165) is 22.0 Å². The van der Waals surface area contributed by atoms with Crippen molar-refractivity contribution in [3.63, 3.8) is 0 Å². The molecule has 1 aromatic heterocycles. The molecule has 1 aromatic carbocycles. The number of hydrogen-bond donors (Lipinski definition) is 1. The summed E-state index contributed by atoms with van der Waals surface area (Å²) in [6, 6.07) is 5.22. The van der Waals surface area contributed by atoms with Crippen LogP contribution >= 0.6 is 11.3 Å². The summed E-state index contributed by atoms with van der Waals surface area (Å²) in [4.78, 5) is 32.8. The van der Waals surface area contributed by atoms with Gasteiger partial charge in [0.15, 0.2) is 5.78 Å². The third kappa shape index (κ3) is 2.68. The molecule has 1 N–H and O–H groups in total. The van der Waals surface area contributed by atoms with E-state index in [1.54, 1.807) is 0 Å². The van der Waals surface area contributed by atoms with Crippen LogP contribution in [0.5, 0.6) is 5.88 Å². The maximum atomic E-state index is 11.9. The number of nitrogens with zero attached hydrogens (tertiary/aromatic N) is 2. The second kappa shape index (κ2) is 5.02. The van der Waals surface area contributed by atoms with Crippen molar-refractivity contribution < 1.29 is 14.8 Å². The van der Waals surface area contributed by atoms with Gasteiger partial charge in [0.25, 0.3) is 5.69 Å². The fourth-order valence-electron chi connectivity index (χ4n) is 1.50. The number of aromatic hydroxyl groups is 1. The third-order valence-corrected chi connectivity index (χ3v) is 3.19. The van der Waals surface area contributed by atoms with Gasteiger partial charge < -0.3 is 5.11 Å². The summed E-state index contributed by atoms with van der Waals surface area (Å²) >= 11 is 0.773. The van der Waals surface area contributed by atoms with Crippen molar-refractivity contribution in [2.45, 2.75) is 6.54 Å². The number of rotatable bonds is 4. The topological polar surface area (TPSA) is 102 Å². The lowest BCUT2D eigenvalue weighted by Gasteiger charge is -2.02. The van der Waals surface area contributed by atoms with Gasteiger partial charge in [-0.2, -0.15) is 0 Å². The quantitative estimate of drug-likeness (QED) is 0.518. The first-order valence-electron chi connectivity index (χ1n) is 5.14. The van der Waals surface area contributed by atoms with E-state index < -0.39 is 15.6 Å². The van der Waals surface area contributed by atoms with Crippen LogP contribution in [0.25, 0.3) is 0 Å². The lowest BCUT2D eigenvalue weighted by molar-refractivity contribution is -0.384. The largest absolute Gasteiger partial charge is 0.494 e. The zero-order chi connectivity index (χ0) is 14.0. The maximum absolute atomic E-state index is 11.9. The molecule has 0 spiro atoms. The average molecular weight is 280 g/mol. The number of ketones is 1. The normalized spacial score (nSPS) is 10.3. The molecule has 0 saturated carbocycles. The number of carbonyl (C=O) groups is 1. The van der Waals surface area contributed by atoms with Gasteiger partial charge in [-0.25, -0.2) is 0 Å². The van der Waals surface area contributed by atoms with Crippen LogP contribution < -0.4 is 4.87 Å². The van der Waals surface area contributed by atoms with Crippen LogP contribution in [-0.4, -0.2) is 20.4 Å². The molecule has 1 heterocycles. The Kier molecular flexibility index (Phi) is 3.43. The number of Topliss-reactive ketones (excluding diaryl/α,β-unsaturated/α-hetero) is 1. The lowest BCUT2D eigenvalue weighted by Crippen LogP contribution is -2.19. The molecule has 0 atom stereocenters. The highest BCUT2D eigenvalue weighted by Gasteiger charge is 2.14. The highest BCUT2D eigenvalue weighted by atomic mass is 32.1. The number of benzene rings is 1. The second-order valence-corrected chi connectivity index (χ2v) is 4.50. The molecule has 8 heteroatoms. The predicted octanol–water partition coefficient (Wildman–Crippen LogP) is 1.41. The Morgan fingerprint density at radius 1 is 1.47 bits per heavy atom. The third-order valence-electron chi connectivity index (χ3n) is 2.44. The predicted molar refractivity (Wildman–Crippen MR) is 67.7 cm³/mol. The van der Waals surface area contributed by atoms with Crippen molar-refractivity contribution in [1.29, 1.82) is 0 Å². The van der Waals surface area contributed by atoms with Crippen LogP contribution in [0.2, 0.25) is 0 Å². The Labute approximate surface area is 110 Å². The van der Waals surface area contributed by atoms with Gasteiger partial charge in [0, 0.05) is 17.7 Å². The van der Waals surface area contributed by atoms with Crippen LogP contribution in [0.15, 0.2) is 34.4 Å². The summed E-state index contributed by atoms with van der Waals surface area (Å²) in [5.41, 5.74) is -0.0839. The Hall–Kier alpha value is -2.48. The van der Waals surface area contributed by atoms with E-state index in [1.807, 2.05) is 0 Å². The van der Waals surface area contributed by atoms with Crippen molar-refractivity contribution >= 4 is 22.8 Å². The van der Waals surface area contributed by atoms with Crippen molar-refractivity contribution in [3.8, 4) is 5.88 Å². The first-order valence-corrected chi connectivity index (χ1v) is 6.02. The van der Waals surface area contributed by atoms with Gasteiger partial charge in [-0.3, -0.25) is 24.3 Å². The summed E-state index contributed by atoms with van der Waals surface area (Å²) < 4.78 is 0.909. The monoisotopic (exact) mass is 280 g/mol. The van der Waals surface area contributed by atoms with Crippen molar-refractivity contribution in [2.75, 3.05) is 0 Å². The van der Waals surface area contributed by atoms with E-state index in [4.69, 9.17) is 0 Å². The maximum Gasteiger partial charge on any atom is 0.310 e.